The van der Waals surface area contributed by atoms with Gasteiger partial charge in [0.15, 0.2) is 11.6 Å². The molecular weight excluding hydrogens is 260 g/mol. The summed E-state index contributed by atoms with van der Waals surface area (Å²) < 4.78 is 26.9. The van der Waals surface area contributed by atoms with Crippen molar-refractivity contribution in [1.29, 1.82) is 0 Å². The second-order valence-electron chi connectivity index (χ2n) is 3.99. The molecule has 0 amide bonds. The van der Waals surface area contributed by atoms with Crippen LogP contribution in [0.15, 0.2) is 24.4 Å². The summed E-state index contributed by atoms with van der Waals surface area (Å²) in [7, 11) is 0. The number of benzene rings is 1. The van der Waals surface area contributed by atoms with Crippen molar-refractivity contribution in [2.45, 2.75) is 6.42 Å². The van der Waals surface area contributed by atoms with Crippen LogP contribution in [0.2, 0.25) is 5.28 Å². The molecule has 0 spiro atoms. The molecule has 2 heterocycles. The van der Waals surface area contributed by atoms with Crippen LogP contribution in [0.25, 0.3) is 0 Å². The Labute approximate surface area is 107 Å². The molecule has 0 saturated heterocycles. The zero-order valence-corrected chi connectivity index (χ0v) is 9.96. The van der Waals surface area contributed by atoms with Crippen LogP contribution < -0.4 is 4.90 Å². The van der Waals surface area contributed by atoms with Crippen molar-refractivity contribution < 1.29 is 8.78 Å². The summed E-state index contributed by atoms with van der Waals surface area (Å²) in [6, 6.07) is 4.47. The Bertz CT molecular complexity index is 618. The van der Waals surface area contributed by atoms with Crippen LogP contribution in [-0.2, 0) is 6.42 Å². The van der Waals surface area contributed by atoms with E-state index in [1.807, 2.05) is 0 Å². The van der Waals surface area contributed by atoms with E-state index in [0.717, 1.165) is 18.2 Å². The van der Waals surface area contributed by atoms with Gasteiger partial charge in [-0.3, -0.25) is 0 Å². The number of hydrogen-bond acceptors (Lipinski definition) is 3. The molecule has 1 aromatic carbocycles. The highest BCUT2D eigenvalue weighted by Crippen LogP contribution is 2.35. The highest BCUT2D eigenvalue weighted by molar-refractivity contribution is 6.28. The van der Waals surface area contributed by atoms with Crippen LogP contribution in [0, 0.1) is 11.6 Å². The average molecular weight is 268 g/mol. The summed E-state index contributed by atoms with van der Waals surface area (Å²) >= 11 is 5.66. The molecule has 0 saturated carbocycles. The lowest BCUT2D eigenvalue weighted by Crippen LogP contribution is -2.17. The van der Waals surface area contributed by atoms with E-state index in [-0.39, 0.29) is 16.9 Å². The fourth-order valence-corrected chi connectivity index (χ4v) is 2.23. The maximum absolute atomic E-state index is 13.7. The maximum atomic E-state index is 13.7. The van der Waals surface area contributed by atoms with Crippen molar-refractivity contribution in [3.63, 3.8) is 0 Å². The fraction of sp³-hybridized carbons (Fsp3) is 0.167. The van der Waals surface area contributed by atoms with Gasteiger partial charge in [-0.05, 0) is 35.7 Å². The molecular formula is C12H8ClF2N3. The number of anilines is 2. The molecule has 0 fully saturated rings. The van der Waals surface area contributed by atoms with Gasteiger partial charge < -0.3 is 4.90 Å². The third-order valence-electron chi connectivity index (χ3n) is 2.89. The lowest BCUT2D eigenvalue weighted by Gasteiger charge is -2.18. The van der Waals surface area contributed by atoms with E-state index < -0.39 is 5.82 Å². The molecule has 0 radical (unpaired) electrons. The predicted octanol–water partition coefficient (Wildman–Crippen LogP) is 3.10. The number of rotatable bonds is 1. The zero-order chi connectivity index (χ0) is 12.7. The Kier molecular flexibility index (Phi) is 2.63. The minimum Gasteiger partial charge on any atom is -0.323 e. The van der Waals surface area contributed by atoms with E-state index in [1.165, 1.54) is 12.1 Å². The number of hydrogen-bond donors (Lipinski definition) is 0. The molecule has 1 aliphatic rings. The molecule has 92 valence electrons. The molecule has 1 aliphatic heterocycles. The van der Waals surface area contributed by atoms with Gasteiger partial charge in [-0.25, -0.2) is 13.8 Å². The normalized spacial score (nSPS) is 13.8. The van der Waals surface area contributed by atoms with E-state index in [4.69, 9.17) is 11.6 Å². The molecule has 2 aromatic rings. The molecule has 0 aliphatic carbocycles. The van der Waals surface area contributed by atoms with E-state index in [9.17, 15) is 8.78 Å². The molecule has 1 aromatic heterocycles. The first-order valence-corrected chi connectivity index (χ1v) is 5.77. The second kappa shape index (κ2) is 4.17. The van der Waals surface area contributed by atoms with Crippen molar-refractivity contribution in [3.05, 3.63) is 46.9 Å². The van der Waals surface area contributed by atoms with Crippen molar-refractivity contribution in [2.75, 3.05) is 11.4 Å². The molecule has 0 N–H and O–H groups in total. The predicted molar refractivity (Wildman–Crippen MR) is 64.1 cm³/mol. The highest BCUT2D eigenvalue weighted by atomic mass is 35.5. The smallest absolute Gasteiger partial charge is 0.224 e. The lowest BCUT2D eigenvalue weighted by molar-refractivity contribution is 0.610. The first kappa shape index (κ1) is 11.3. The van der Waals surface area contributed by atoms with E-state index >= 15 is 0 Å². The van der Waals surface area contributed by atoms with Gasteiger partial charge in [0.2, 0.25) is 5.28 Å². The molecule has 0 unspecified atom stereocenters. The third-order valence-corrected chi connectivity index (χ3v) is 3.08. The minimum atomic E-state index is -0.573. The molecule has 6 heteroatoms. The summed E-state index contributed by atoms with van der Waals surface area (Å²) in [6.07, 6.45) is 1.73. The van der Waals surface area contributed by atoms with E-state index in [0.29, 0.717) is 12.2 Å². The molecule has 3 nitrogen and oxygen atoms in total. The Balaban J connectivity index is 2.11. The molecule has 3 rings (SSSR count). The number of halogens is 3. The topological polar surface area (TPSA) is 29.0 Å². The van der Waals surface area contributed by atoms with Gasteiger partial charge in [0.1, 0.15) is 5.82 Å². The quantitative estimate of drug-likeness (QED) is 0.744. The number of fused-ring (bicyclic) bond motifs is 1. The van der Waals surface area contributed by atoms with Crippen LogP contribution in [0.5, 0.6) is 0 Å². The second-order valence-corrected chi connectivity index (χ2v) is 4.32. The Morgan fingerprint density at radius 3 is 2.94 bits per heavy atom. The lowest BCUT2D eigenvalue weighted by atomic mass is 10.2. The van der Waals surface area contributed by atoms with Gasteiger partial charge in [-0.1, -0.05) is 6.07 Å². The van der Waals surface area contributed by atoms with E-state index in [2.05, 4.69) is 9.97 Å². The summed E-state index contributed by atoms with van der Waals surface area (Å²) in [5.74, 6) is -0.850. The van der Waals surface area contributed by atoms with Gasteiger partial charge in [0, 0.05) is 12.2 Å². The van der Waals surface area contributed by atoms with Crippen LogP contribution in [-0.4, -0.2) is 16.5 Å². The van der Waals surface area contributed by atoms with Gasteiger partial charge in [-0.2, -0.15) is 4.98 Å². The van der Waals surface area contributed by atoms with Gasteiger partial charge in [0.25, 0.3) is 0 Å². The van der Waals surface area contributed by atoms with Crippen molar-refractivity contribution in [1.82, 2.24) is 9.97 Å². The first-order chi connectivity index (χ1) is 8.65. The molecule has 18 heavy (non-hydrogen) atoms. The minimum absolute atomic E-state index is 0.0312. The van der Waals surface area contributed by atoms with Crippen molar-refractivity contribution >= 4 is 23.1 Å². The van der Waals surface area contributed by atoms with Crippen LogP contribution in [0.3, 0.4) is 0 Å². The summed E-state index contributed by atoms with van der Waals surface area (Å²) in [5.41, 5.74) is 1.59. The van der Waals surface area contributed by atoms with Crippen LogP contribution >= 0.6 is 11.6 Å². The van der Waals surface area contributed by atoms with Crippen molar-refractivity contribution in [2.24, 2.45) is 0 Å². The largest absolute Gasteiger partial charge is 0.323 e. The summed E-state index contributed by atoms with van der Waals surface area (Å²) in [6.45, 7) is 0.545. The maximum Gasteiger partial charge on any atom is 0.224 e. The Morgan fingerprint density at radius 2 is 2.11 bits per heavy atom. The average Bonchev–Trinajstić information content (AvgIpc) is 2.75. The summed E-state index contributed by atoms with van der Waals surface area (Å²) in [4.78, 5) is 9.04. The monoisotopic (exact) mass is 267 g/mol. The van der Waals surface area contributed by atoms with Gasteiger partial charge in [0.05, 0.1) is 6.20 Å². The van der Waals surface area contributed by atoms with Crippen LogP contribution in [0.1, 0.15) is 5.56 Å². The third kappa shape index (κ3) is 1.80. The standard InChI is InChI=1S/C12H8ClF2N3/c13-12-16-6-9(15)11(17-12)18-4-3-7-1-2-8(14)5-10(7)18/h1-2,5-6H,3-4H2. The fourth-order valence-electron chi connectivity index (χ4n) is 2.10. The first-order valence-electron chi connectivity index (χ1n) is 5.39. The van der Waals surface area contributed by atoms with Gasteiger partial charge >= 0.3 is 0 Å². The Morgan fingerprint density at radius 1 is 1.28 bits per heavy atom. The molecule has 0 atom stereocenters. The van der Waals surface area contributed by atoms with Crippen molar-refractivity contribution in [3.8, 4) is 0 Å². The van der Waals surface area contributed by atoms with E-state index in [1.54, 1.807) is 11.0 Å². The SMILES string of the molecule is Fc1ccc2c(c1)N(c1nc(Cl)ncc1F)CC2. The number of nitrogens with zero attached hydrogens (tertiary/aromatic N) is 3. The molecule has 0 bridgehead atoms. The summed E-state index contributed by atoms with van der Waals surface area (Å²) in [5, 5.41) is -0.0312. The highest BCUT2D eigenvalue weighted by Gasteiger charge is 2.24. The van der Waals surface area contributed by atoms with Crippen LogP contribution in [0.4, 0.5) is 20.3 Å². The number of aromatic nitrogens is 2. The zero-order valence-electron chi connectivity index (χ0n) is 9.20. The Hall–Kier alpha value is -1.75. The van der Waals surface area contributed by atoms with Gasteiger partial charge in [-0.15, -0.1) is 0 Å².